The third kappa shape index (κ3) is 2.71. The normalized spacial score (nSPS) is 14.8. The molecule has 6 nitrogen and oxygen atoms in total. The fourth-order valence-electron chi connectivity index (χ4n) is 2.81. The van der Waals surface area contributed by atoms with Gasteiger partial charge in [-0.1, -0.05) is 23.5 Å². The van der Waals surface area contributed by atoms with Crippen LogP contribution >= 0.6 is 11.3 Å². The van der Waals surface area contributed by atoms with Crippen LogP contribution in [0.25, 0.3) is 15.9 Å². The number of thiazole rings is 1. The molecule has 0 N–H and O–H groups in total. The first-order valence-corrected chi connectivity index (χ1v) is 8.68. The molecule has 3 aromatic rings. The summed E-state index contributed by atoms with van der Waals surface area (Å²) in [7, 11) is 3.99. The van der Waals surface area contributed by atoms with E-state index < -0.39 is 0 Å². The molecule has 0 unspecified atom stereocenters. The first-order chi connectivity index (χ1) is 11.7. The molecule has 3 aromatic heterocycles. The van der Waals surface area contributed by atoms with E-state index in [1.165, 1.54) is 5.57 Å². The van der Waals surface area contributed by atoms with Crippen molar-refractivity contribution in [1.29, 1.82) is 0 Å². The van der Waals surface area contributed by atoms with Crippen LogP contribution in [0.2, 0.25) is 0 Å². The number of hydrogen-bond acceptors (Lipinski definition) is 7. The maximum atomic E-state index is 4.58. The van der Waals surface area contributed by atoms with Gasteiger partial charge in [-0.2, -0.15) is 4.98 Å². The molecule has 24 heavy (non-hydrogen) atoms. The van der Waals surface area contributed by atoms with Crippen molar-refractivity contribution in [2.45, 2.75) is 6.42 Å². The molecule has 1 aliphatic rings. The topological polar surface area (TPSA) is 58.0 Å². The number of nitrogens with zero attached hydrogens (tertiary/aromatic N) is 6. The molecule has 1 aliphatic heterocycles. The van der Waals surface area contributed by atoms with Gasteiger partial charge >= 0.3 is 0 Å². The fourth-order valence-corrected chi connectivity index (χ4v) is 3.77. The van der Waals surface area contributed by atoms with E-state index in [1.807, 2.05) is 37.3 Å². The largest absolute Gasteiger partial charge is 0.354 e. The number of hydrogen-bond donors (Lipinski definition) is 0. The van der Waals surface area contributed by atoms with E-state index in [2.05, 4.69) is 37.0 Å². The molecule has 0 saturated heterocycles. The van der Waals surface area contributed by atoms with E-state index in [0.717, 1.165) is 46.5 Å². The third-order valence-corrected chi connectivity index (χ3v) is 5.20. The minimum atomic E-state index is 0.766. The van der Waals surface area contributed by atoms with E-state index >= 15 is 0 Å². The Balaban J connectivity index is 1.69. The lowest BCUT2D eigenvalue weighted by atomic mass is 10.1. The van der Waals surface area contributed by atoms with Gasteiger partial charge in [0, 0.05) is 33.4 Å². The second kappa shape index (κ2) is 6.16. The summed E-state index contributed by atoms with van der Waals surface area (Å²) in [6, 6.07) is 6.03. The molecule has 0 bridgehead atoms. The molecule has 0 saturated carbocycles. The summed E-state index contributed by atoms with van der Waals surface area (Å²) in [5, 5.41) is 0.948. The summed E-state index contributed by atoms with van der Waals surface area (Å²) >= 11 is 1.64. The fraction of sp³-hybridized carbons (Fsp3) is 0.294. The first-order valence-electron chi connectivity index (χ1n) is 7.86. The molecule has 4 rings (SSSR count). The van der Waals surface area contributed by atoms with Gasteiger partial charge in [-0.05, 0) is 24.1 Å². The van der Waals surface area contributed by atoms with Crippen LogP contribution in [0.4, 0.5) is 10.9 Å². The highest BCUT2D eigenvalue weighted by Gasteiger charge is 2.20. The van der Waals surface area contributed by atoms with Crippen LogP contribution in [0.3, 0.4) is 0 Å². The zero-order valence-corrected chi connectivity index (χ0v) is 14.5. The monoisotopic (exact) mass is 338 g/mol. The average Bonchev–Trinajstić information content (AvgIpc) is 3.07. The van der Waals surface area contributed by atoms with Gasteiger partial charge in [0.25, 0.3) is 0 Å². The Labute approximate surface area is 144 Å². The lowest BCUT2D eigenvalue weighted by Crippen LogP contribution is -2.30. The molecule has 0 aliphatic carbocycles. The van der Waals surface area contributed by atoms with Crippen LogP contribution in [0.15, 0.2) is 36.8 Å². The second-order valence-electron chi connectivity index (χ2n) is 5.90. The van der Waals surface area contributed by atoms with Crippen LogP contribution < -0.4 is 9.80 Å². The maximum absolute atomic E-state index is 4.58. The summed E-state index contributed by atoms with van der Waals surface area (Å²) < 4.78 is 1.04. The molecule has 4 heterocycles. The first kappa shape index (κ1) is 15.0. The van der Waals surface area contributed by atoms with Crippen LogP contribution in [0.5, 0.6) is 0 Å². The highest BCUT2D eigenvalue weighted by Crippen LogP contribution is 2.34. The van der Waals surface area contributed by atoms with Crippen molar-refractivity contribution in [1.82, 2.24) is 19.9 Å². The maximum Gasteiger partial charge on any atom is 0.187 e. The quantitative estimate of drug-likeness (QED) is 0.732. The van der Waals surface area contributed by atoms with E-state index in [0.29, 0.717) is 0 Å². The van der Waals surface area contributed by atoms with Crippen LogP contribution in [-0.2, 0) is 0 Å². The lowest BCUT2D eigenvalue weighted by Gasteiger charge is -2.28. The minimum absolute atomic E-state index is 0.766. The Kier molecular flexibility index (Phi) is 3.86. The smallest absolute Gasteiger partial charge is 0.187 e. The van der Waals surface area contributed by atoms with Crippen molar-refractivity contribution in [3.63, 3.8) is 0 Å². The molecule has 0 aromatic carbocycles. The van der Waals surface area contributed by atoms with Crippen molar-refractivity contribution in [3.05, 3.63) is 42.5 Å². The standard InChI is InChI=1S/C17H18N6S/c1-22(2)17-21-15-14(24-17)16(20-11-19-15)23-9-5-6-12(10-23)13-7-3-4-8-18-13/h3-4,6-8,11H,5,9-10H2,1-2H3. The predicted molar refractivity (Wildman–Crippen MR) is 98.6 cm³/mol. The zero-order chi connectivity index (χ0) is 16.5. The molecule has 0 spiro atoms. The Morgan fingerprint density at radius 1 is 1.17 bits per heavy atom. The van der Waals surface area contributed by atoms with Crippen molar-refractivity contribution in [3.8, 4) is 0 Å². The number of rotatable bonds is 3. The van der Waals surface area contributed by atoms with Crippen molar-refractivity contribution < 1.29 is 0 Å². The van der Waals surface area contributed by atoms with Crippen LogP contribution in [0.1, 0.15) is 12.1 Å². The van der Waals surface area contributed by atoms with E-state index in [1.54, 1.807) is 17.7 Å². The molecule has 0 radical (unpaired) electrons. The summed E-state index contributed by atoms with van der Waals surface area (Å²) in [6.45, 7) is 1.75. The SMILES string of the molecule is CN(C)c1nc2ncnc(N3CCC=C(c4ccccn4)C3)c2s1. The van der Waals surface area contributed by atoms with E-state index in [-0.39, 0.29) is 0 Å². The summed E-state index contributed by atoms with van der Waals surface area (Å²) in [6.07, 6.45) is 6.70. The van der Waals surface area contributed by atoms with Gasteiger partial charge in [0.15, 0.2) is 16.6 Å². The molecule has 0 amide bonds. The van der Waals surface area contributed by atoms with Crippen molar-refractivity contribution >= 4 is 38.2 Å². The lowest BCUT2D eigenvalue weighted by molar-refractivity contribution is 0.816. The number of fused-ring (bicyclic) bond motifs is 1. The Morgan fingerprint density at radius 3 is 2.88 bits per heavy atom. The van der Waals surface area contributed by atoms with Gasteiger partial charge in [0.1, 0.15) is 11.0 Å². The van der Waals surface area contributed by atoms with Crippen LogP contribution in [-0.4, -0.2) is 47.1 Å². The molecule has 0 fully saturated rings. The molecular weight excluding hydrogens is 320 g/mol. The Hall–Kier alpha value is -2.54. The summed E-state index contributed by atoms with van der Waals surface area (Å²) in [5.41, 5.74) is 3.04. The Morgan fingerprint density at radius 2 is 2.08 bits per heavy atom. The average molecular weight is 338 g/mol. The zero-order valence-electron chi connectivity index (χ0n) is 13.7. The van der Waals surface area contributed by atoms with Gasteiger partial charge < -0.3 is 9.80 Å². The Bertz CT molecular complexity index is 886. The van der Waals surface area contributed by atoms with E-state index in [9.17, 15) is 0 Å². The second-order valence-corrected chi connectivity index (χ2v) is 6.87. The highest BCUT2D eigenvalue weighted by molar-refractivity contribution is 7.22. The molecular formula is C17H18N6S. The van der Waals surface area contributed by atoms with Gasteiger partial charge in [-0.3, -0.25) is 4.98 Å². The summed E-state index contributed by atoms with van der Waals surface area (Å²) in [4.78, 5) is 22.2. The van der Waals surface area contributed by atoms with Gasteiger partial charge in [0.2, 0.25) is 0 Å². The van der Waals surface area contributed by atoms with Crippen molar-refractivity contribution in [2.24, 2.45) is 0 Å². The number of aromatic nitrogens is 4. The van der Waals surface area contributed by atoms with Gasteiger partial charge in [0.05, 0.1) is 5.69 Å². The predicted octanol–water partition coefficient (Wildman–Crippen LogP) is 2.84. The van der Waals surface area contributed by atoms with Crippen LogP contribution in [0, 0.1) is 0 Å². The van der Waals surface area contributed by atoms with E-state index in [4.69, 9.17) is 0 Å². The van der Waals surface area contributed by atoms with Gasteiger partial charge in [-0.15, -0.1) is 0 Å². The minimum Gasteiger partial charge on any atom is -0.354 e. The third-order valence-electron chi connectivity index (χ3n) is 3.99. The molecule has 0 atom stereocenters. The molecule has 122 valence electrons. The highest BCUT2D eigenvalue weighted by atomic mass is 32.1. The van der Waals surface area contributed by atoms with Gasteiger partial charge in [-0.25, -0.2) is 9.97 Å². The molecule has 7 heteroatoms. The number of anilines is 2. The summed E-state index contributed by atoms with van der Waals surface area (Å²) in [5.74, 6) is 0.965. The van der Waals surface area contributed by atoms with Crippen molar-refractivity contribution in [2.75, 3.05) is 37.0 Å². The number of pyridine rings is 1.